The molecule has 0 unspecified atom stereocenters. The summed E-state index contributed by atoms with van der Waals surface area (Å²) < 4.78 is 3.94. The SMILES string of the molecule is N#CCCC[n+]1ccn(CCO)c1. The molecule has 4 nitrogen and oxygen atoms in total. The van der Waals surface area contributed by atoms with Gasteiger partial charge in [-0.05, 0) is 6.42 Å². The Kier molecular flexibility index (Phi) is 4.00. The van der Waals surface area contributed by atoms with E-state index in [0.29, 0.717) is 13.0 Å². The van der Waals surface area contributed by atoms with Crippen LogP contribution >= 0.6 is 0 Å². The van der Waals surface area contributed by atoms with Crippen LogP contribution in [0.2, 0.25) is 0 Å². The van der Waals surface area contributed by atoms with Crippen molar-refractivity contribution in [2.24, 2.45) is 0 Å². The molecule has 70 valence electrons. The van der Waals surface area contributed by atoms with Crippen LogP contribution in [0.15, 0.2) is 18.7 Å². The van der Waals surface area contributed by atoms with Crippen LogP contribution in [0.4, 0.5) is 0 Å². The topological polar surface area (TPSA) is 52.8 Å². The van der Waals surface area contributed by atoms with Crippen LogP contribution in [0.25, 0.3) is 0 Å². The van der Waals surface area contributed by atoms with Gasteiger partial charge in [-0.25, -0.2) is 9.13 Å². The maximum Gasteiger partial charge on any atom is 0.243 e. The van der Waals surface area contributed by atoms with Crippen molar-refractivity contribution in [1.29, 1.82) is 5.26 Å². The molecule has 1 heterocycles. The first-order valence-corrected chi connectivity index (χ1v) is 4.39. The molecule has 1 rings (SSSR count). The first-order valence-electron chi connectivity index (χ1n) is 4.39. The predicted octanol–water partition coefficient (Wildman–Crippen LogP) is 0.0717. The van der Waals surface area contributed by atoms with Gasteiger partial charge in [-0.1, -0.05) is 0 Å². The summed E-state index contributed by atoms with van der Waals surface area (Å²) in [5.74, 6) is 0. The van der Waals surface area contributed by atoms with Crippen molar-refractivity contribution in [3.05, 3.63) is 18.7 Å². The van der Waals surface area contributed by atoms with E-state index in [2.05, 4.69) is 6.07 Å². The van der Waals surface area contributed by atoms with Crippen molar-refractivity contribution >= 4 is 0 Å². The number of aryl methyl sites for hydroxylation is 1. The maximum atomic E-state index is 8.67. The molecule has 1 aromatic rings. The highest BCUT2D eigenvalue weighted by Crippen LogP contribution is 1.88. The normalized spacial score (nSPS) is 9.85. The molecule has 0 aliphatic carbocycles. The Balaban J connectivity index is 2.36. The number of nitriles is 1. The second-order valence-corrected chi connectivity index (χ2v) is 2.87. The fourth-order valence-corrected chi connectivity index (χ4v) is 1.16. The van der Waals surface area contributed by atoms with Gasteiger partial charge in [-0.2, -0.15) is 5.26 Å². The number of hydrogen-bond donors (Lipinski definition) is 1. The van der Waals surface area contributed by atoms with Crippen molar-refractivity contribution in [2.45, 2.75) is 25.9 Å². The number of aliphatic hydroxyl groups is 1. The van der Waals surface area contributed by atoms with E-state index in [-0.39, 0.29) is 6.61 Å². The van der Waals surface area contributed by atoms with Crippen molar-refractivity contribution in [1.82, 2.24) is 4.57 Å². The van der Waals surface area contributed by atoms with Crippen LogP contribution in [-0.2, 0) is 13.1 Å². The van der Waals surface area contributed by atoms with Gasteiger partial charge >= 0.3 is 0 Å². The van der Waals surface area contributed by atoms with Crippen LogP contribution in [0.5, 0.6) is 0 Å². The minimum absolute atomic E-state index is 0.160. The van der Waals surface area contributed by atoms with Crippen LogP contribution < -0.4 is 4.57 Å². The highest BCUT2D eigenvalue weighted by molar-refractivity contribution is 4.68. The summed E-state index contributed by atoms with van der Waals surface area (Å²) in [5, 5.41) is 17.0. The maximum absolute atomic E-state index is 8.67. The quantitative estimate of drug-likeness (QED) is 0.515. The molecule has 13 heavy (non-hydrogen) atoms. The zero-order valence-electron chi connectivity index (χ0n) is 7.56. The van der Waals surface area contributed by atoms with Crippen LogP contribution in [0, 0.1) is 11.3 Å². The molecule has 0 amide bonds. The van der Waals surface area contributed by atoms with E-state index in [1.54, 1.807) is 0 Å². The molecule has 0 fully saturated rings. The standard InChI is InChI=1S/C9H14N3O/c10-3-1-2-4-11-5-6-12(9-11)7-8-13/h5-6,9,13H,1-2,4,7-8H2/q+1. The number of aromatic nitrogens is 2. The van der Waals surface area contributed by atoms with Crippen molar-refractivity contribution in [3.63, 3.8) is 0 Å². The minimum Gasteiger partial charge on any atom is -0.392 e. The van der Waals surface area contributed by atoms with E-state index in [4.69, 9.17) is 10.4 Å². The lowest BCUT2D eigenvalue weighted by Gasteiger charge is -1.91. The summed E-state index contributed by atoms with van der Waals surface area (Å²) in [4.78, 5) is 0. The largest absolute Gasteiger partial charge is 0.392 e. The third kappa shape index (κ3) is 3.26. The predicted molar refractivity (Wildman–Crippen MR) is 46.6 cm³/mol. The highest BCUT2D eigenvalue weighted by Gasteiger charge is 2.01. The van der Waals surface area contributed by atoms with E-state index in [0.717, 1.165) is 13.0 Å². The second-order valence-electron chi connectivity index (χ2n) is 2.87. The molecule has 0 aromatic carbocycles. The monoisotopic (exact) mass is 180 g/mol. The van der Waals surface area contributed by atoms with Gasteiger partial charge in [-0.3, -0.25) is 0 Å². The molecule has 1 N–H and O–H groups in total. The van der Waals surface area contributed by atoms with E-state index >= 15 is 0 Å². The number of imidazole rings is 1. The zero-order chi connectivity index (χ0) is 9.52. The molecule has 0 saturated carbocycles. The lowest BCUT2D eigenvalue weighted by molar-refractivity contribution is -0.696. The molecule has 1 aromatic heterocycles. The van der Waals surface area contributed by atoms with Gasteiger partial charge in [0.25, 0.3) is 0 Å². The highest BCUT2D eigenvalue weighted by atomic mass is 16.3. The Morgan fingerprint density at radius 2 is 2.38 bits per heavy atom. The van der Waals surface area contributed by atoms with E-state index in [1.807, 2.05) is 27.9 Å². The lowest BCUT2D eigenvalue weighted by Crippen LogP contribution is -2.30. The van der Waals surface area contributed by atoms with Gasteiger partial charge in [-0.15, -0.1) is 0 Å². The van der Waals surface area contributed by atoms with Crippen molar-refractivity contribution < 1.29 is 9.67 Å². The molecule has 4 heteroatoms. The van der Waals surface area contributed by atoms with E-state index < -0.39 is 0 Å². The molecular formula is C9H14N3O+. The molecule has 0 aliphatic rings. The number of aliphatic hydroxyl groups excluding tert-OH is 1. The molecule has 0 atom stereocenters. The number of unbranched alkanes of at least 4 members (excludes halogenated alkanes) is 1. The molecule has 0 spiro atoms. The van der Waals surface area contributed by atoms with Crippen LogP contribution in [-0.4, -0.2) is 16.3 Å². The second kappa shape index (κ2) is 5.33. The van der Waals surface area contributed by atoms with Gasteiger partial charge in [0.05, 0.1) is 19.2 Å². The summed E-state index contributed by atoms with van der Waals surface area (Å²) in [5.41, 5.74) is 0. The molecule has 0 radical (unpaired) electrons. The van der Waals surface area contributed by atoms with Crippen molar-refractivity contribution in [2.75, 3.05) is 6.61 Å². The Bertz CT molecular complexity index is 287. The van der Waals surface area contributed by atoms with Gasteiger partial charge in [0.2, 0.25) is 6.33 Å². The lowest BCUT2D eigenvalue weighted by atomic mass is 10.3. The smallest absolute Gasteiger partial charge is 0.243 e. The number of hydrogen-bond acceptors (Lipinski definition) is 2. The third-order valence-electron chi connectivity index (χ3n) is 1.81. The minimum atomic E-state index is 0.160. The molecule has 0 saturated heterocycles. The van der Waals surface area contributed by atoms with Gasteiger partial charge < -0.3 is 5.11 Å². The zero-order valence-corrected chi connectivity index (χ0v) is 7.56. The summed E-state index contributed by atoms with van der Waals surface area (Å²) in [7, 11) is 0. The average Bonchev–Trinajstić information content (AvgIpc) is 2.54. The molecular weight excluding hydrogens is 166 g/mol. The fourth-order valence-electron chi connectivity index (χ4n) is 1.16. The molecule has 0 bridgehead atoms. The number of nitrogens with zero attached hydrogens (tertiary/aromatic N) is 3. The first kappa shape index (κ1) is 9.75. The van der Waals surface area contributed by atoms with Crippen LogP contribution in [0.3, 0.4) is 0 Å². The van der Waals surface area contributed by atoms with Gasteiger partial charge in [0.1, 0.15) is 18.9 Å². The first-order chi connectivity index (χ1) is 6.36. The summed E-state index contributed by atoms with van der Waals surface area (Å²) in [6.07, 6.45) is 7.28. The van der Waals surface area contributed by atoms with E-state index in [1.165, 1.54) is 0 Å². The Morgan fingerprint density at radius 1 is 1.54 bits per heavy atom. The number of rotatable bonds is 5. The van der Waals surface area contributed by atoms with Gasteiger partial charge in [0.15, 0.2) is 0 Å². The Labute approximate surface area is 77.7 Å². The summed E-state index contributed by atoms with van der Waals surface area (Å²) >= 11 is 0. The average molecular weight is 180 g/mol. The Hall–Kier alpha value is -1.34. The Morgan fingerprint density at radius 3 is 3.08 bits per heavy atom. The molecule has 0 aliphatic heterocycles. The summed E-state index contributed by atoms with van der Waals surface area (Å²) in [6.45, 7) is 1.66. The van der Waals surface area contributed by atoms with Crippen LogP contribution in [0.1, 0.15) is 12.8 Å². The summed E-state index contributed by atoms with van der Waals surface area (Å²) in [6, 6.07) is 2.11. The van der Waals surface area contributed by atoms with Gasteiger partial charge in [0, 0.05) is 6.42 Å². The van der Waals surface area contributed by atoms with E-state index in [9.17, 15) is 0 Å². The third-order valence-corrected chi connectivity index (χ3v) is 1.81. The van der Waals surface area contributed by atoms with Crippen molar-refractivity contribution in [3.8, 4) is 6.07 Å². The fraction of sp³-hybridized carbons (Fsp3) is 0.556.